The number of aliphatic hydroxyl groups is 1. The van der Waals surface area contributed by atoms with Crippen molar-refractivity contribution in [2.24, 2.45) is 0 Å². The molecule has 1 aliphatic rings. The maximum Gasteiger partial charge on any atom is 0.223 e. The molecule has 2 heterocycles. The SMILES string of the molecule is CN1C(=O)C[C@H](c2ccccc2)[C@@H]1C(O)c1cccs1. The van der Waals surface area contributed by atoms with E-state index in [1.54, 1.807) is 11.9 Å². The lowest BCUT2D eigenvalue weighted by Gasteiger charge is -2.29. The van der Waals surface area contributed by atoms with Crippen molar-refractivity contribution in [3.8, 4) is 0 Å². The fraction of sp³-hybridized carbons (Fsp3) is 0.312. The molecule has 1 aromatic heterocycles. The van der Waals surface area contributed by atoms with E-state index in [4.69, 9.17) is 0 Å². The van der Waals surface area contributed by atoms with Crippen LogP contribution in [0.15, 0.2) is 47.8 Å². The number of rotatable bonds is 3. The highest BCUT2D eigenvalue weighted by atomic mass is 32.1. The van der Waals surface area contributed by atoms with Crippen LogP contribution in [0.1, 0.15) is 28.9 Å². The Hall–Kier alpha value is -1.65. The normalized spacial score (nSPS) is 24.1. The van der Waals surface area contributed by atoms with Gasteiger partial charge in [-0.05, 0) is 17.0 Å². The number of nitrogens with zero attached hydrogens (tertiary/aromatic N) is 1. The monoisotopic (exact) mass is 287 g/mol. The predicted molar refractivity (Wildman–Crippen MR) is 79.6 cm³/mol. The summed E-state index contributed by atoms with van der Waals surface area (Å²) in [6.45, 7) is 0. The first-order valence-corrected chi connectivity index (χ1v) is 7.58. The molecular weight excluding hydrogens is 270 g/mol. The minimum absolute atomic E-state index is 0.0470. The van der Waals surface area contributed by atoms with Gasteiger partial charge < -0.3 is 10.0 Å². The predicted octanol–water partition coefficient (Wildman–Crippen LogP) is 2.80. The van der Waals surface area contributed by atoms with Gasteiger partial charge in [0.2, 0.25) is 5.91 Å². The maximum atomic E-state index is 12.1. The van der Waals surface area contributed by atoms with Gasteiger partial charge >= 0.3 is 0 Å². The van der Waals surface area contributed by atoms with Crippen molar-refractivity contribution in [2.75, 3.05) is 7.05 Å². The van der Waals surface area contributed by atoms with Gasteiger partial charge in [-0.3, -0.25) is 4.79 Å². The van der Waals surface area contributed by atoms with E-state index in [1.807, 2.05) is 47.8 Å². The van der Waals surface area contributed by atoms with Gasteiger partial charge in [-0.1, -0.05) is 36.4 Å². The number of carbonyl (C=O) groups is 1. The number of benzene rings is 1. The van der Waals surface area contributed by atoms with Crippen LogP contribution in [-0.4, -0.2) is 29.0 Å². The van der Waals surface area contributed by atoms with Crippen molar-refractivity contribution in [1.82, 2.24) is 4.90 Å². The third-order valence-corrected chi connectivity index (χ3v) is 4.98. The summed E-state index contributed by atoms with van der Waals surface area (Å²) in [5.41, 5.74) is 1.12. The number of likely N-dealkylation sites (tertiary alicyclic amines) is 1. The number of hydrogen-bond donors (Lipinski definition) is 1. The summed E-state index contributed by atoms with van der Waals surface area (Å²) < 4.78 is 0. The summed E-state index contributed by atoms with van der Waals surface area (Å²) in [4.78, 5) is 14.7. The van der Waals surface area contributed by atoms with Crippen LogP contribution in [0.3, 0.4) is 0 Å². The van der Waals surface area contributed by atoms with Gasteiger partial charge in [0, 0.05) is 24.3 Å². The molecule has 1 amide bonds. The van der Waals surface area contributed by atoms with Gasteiger partial charge in [0.25, 0.3) is 0 Å². The van der Waals surface area contributed by atoms with E-state index in [0.29, 0.717) is 6.42 Å². The summed E-state index contributed by atoms with van der Waals surface area (Å²) in [5.74, 6) is 0.144. The molecule has 4 heteroatoms. The third-order valence-electron chi connectivity index (χ3n) is 4.03. The van der Waals surface area contributed by atoms with E-state index in [0.717, 1.165) is 10.4 Å². The van der Waals surface area contributed by atoms with Crippen molar-refractivity contribution in [1.29, 1.82) is 0 Å². The lowest BCUT2D eigenvalue weighted by molar-refractivity contribution is -0.128. The molecule has 3 nitrogen and oxygen atoms in total. The third kappa shape index (κ3) is 2.25. The van der Waals surface area contributed by atoms with Gasteiger partial charge in [-0.15, -0.1) is 11.3 Å². The highest BCUT2D eigenvalue weighted by Crippen LogP contribution is 2.40. The summed E-state index contributed by atoms with van der Waals surface area (Å²) in [7, 11) is 1.78. The minimum atomic E-state index is -0.628. The number of aliphatic hydroxyl groups excluding tert-OH is 1. The topological polar surface area (TPSA) is 40.5 Å². The lowest BCUT2D eigenvalue weighted by Crippen LogP contribution is -2.36. The van der Waals surface area contributed by atoms with E-state index in [1.165, 1.54) is 11.3 Å². The van der Waals surface area contributed by atoms with Crippen molar-refractivity contribution >= 4 is 17.2 Å². The summed E-state index contributed by atoms with van der Waals surface area (Å²) >= 11 is 1.53. The molecule has 0 radical (unpaired) electrons. The van der Waals surface area contributed by atoms with Crippen molar-refractivity contribution in [3.05, 3.63) is 58.3 Å². The molecule has 1 saturated heterocycles. The van der Waals surface area contributed by atoms with E-state index in [9.17, 15) is 9.90 Å². The summed E-state index contributed by atoms with van der Waals surface area (Å²) in [5, 5.41) is 12.6. The summed E-state index contributed by atoms with van der Waals surface area (Å²) in [6, 6.07) is 13.7. The lowest BCUT2D eigenvalue weighted by atomic mass is 9.88. The van der Waals surface area contributed by atoms with Gasteiger partial charge in [0.15, 0.2) is 0 Å². The molecule has 3 rings (SSSR count). The Morgan fingerprint density at radius 1 is 1.25 bits per heavy atom. The van der Waals surface area contributed by atoms with Gasteiger partial charge in [-0.2, -0.15) is 0 Å². The molecule has 1 aromatic carbocycles. The van der Waals surface area contributed by atoms with Crippen LogP contribution in [0.25, 0.3) is 0 Å². The Balaban J connectivity index is 1.95. The van der Waals surface area contributed by atoms with E-state index >= 15 is 0 Å². The highest BCUT2D eigenvalue weighted by Gasteiger charge is 2.43. The molecule has 0 saturated carbocycles. The molecule has 3 atom stereocenters. The van der Waals surface area contributed by atoms with Gasteiger partial charge in [0.05, 0.1) is 6.04 Å². The van der Waals surface area contributed by atoms with Crippen LogP contribution in [0.2, 0.25) is 0 Å². The molecule has 0 aliphatic carbocycles. The van der Waals surface area contributed by atoms with Gasteiger partial charge in [0.1, 0.15) is 6.10 Å². The second kappa shape index (κ2) is 5.38. The average molecular weight is 287 g/mol. The Kier molecular flexibility index (Phi) is 3.59. The van der Waals surface area contributed by atoms with Crippen molar-refractivity contribution in [2.45, 2.75) is 24.5 Å². The molecule has 0 spiro atoms. The molecule has 2 aromatic rings. The van der Waals surface area contributed by atoms with Crippen LogP contribution in [0.5, 0.6) is 0 Å². The van der Waals surface area contributed by atoms with Gasteiger partial charge in [-0.25, -0.2) is 0 Å². The Morgan fingerprint density at radius 3 is 2.65 bits per heavy atom. The van der Waals surface area contributed by atoms with Crippen LogP contribution >= 0.6 is 11.3 Å². The molecular formula is C16H17NO2S. The van der Waals surface area contributed by atoms with E-state index < -0.39 is 6.10 Å². The Bertz CT molecular complexity index is 582. The average Bonchev–Trinajstić information content (AvgIpc) is 3.09. The molecule has 1 fully saturated rings. The second-order valence-corrected chi connectivity index (χ2v) is 6.16. The molecule has 20 heavy (non-hydrogen) atoms. The zero-order chi connectivity index (χ0) is 14.1. The highest BCUT2D eigenvalue weighted by molar-refractivity contribution is 7.10. The van der Waals surface area contributed by atoms with Crippen molar-refractivity contribution < 1.29 is 9.90 Å². The second-order valence-electron chi connectivity index (χ2n) is 5.18. The molecule has 1 N–H and O–H groups in total. The maximum absolute atomic E-state index is 12.1. The number of thiophene rings is 1. The fourth-order valence-electron chi connectivity index (χ4n) is 2.96. The first-order chi connectivity index (χ1) is 9.68. The first kappa shape index (κ1) is 13.3. The number of likely N-dealkylation sites (N-methyl/N-ethyl adjacent to an activating group) is 1. The number of carbonyl (C=O) groups excluding carboxylic acids is 1. The molecule has 1 aliphatic heterocycles. The standard InChI is InChI=1S/C16H17NO2S/c1-17-14(18)10-12(11-6-3-2-4-7-11)15(17)16(19)13-8-5-9-20-13/h2-9,12,15-16,19H,10H2,1H3/t12-,15-,16?/m1/s1. The Labute approximate surface area is 122 Å². The van der Waals surface area contributed by atoms with E-state index in [2.05, 4.69) is 0 Å². The molecule has 0 bridgehead atoms. The van der Waals surface area contributed by atoms with Crippen LogP contribution in [0.4, 0.5) is 0 Å². The van der Waals surface area contributed by atoms with Crippen LogP contribution in [-0.2, 0) is 4.79 Å². The Morgan fingerprint density at radius 2 is 2.00 bits per heavy atom. The van der Waals surface area contributed by atoms with Crippen molar-refractivity contribution in [3.63, 3.8) is 0 Å². The van der Waals surface area contributed by atoms with E-state index in [-0.39, 0.29) is 17.9 Å². The first-order valence-electron chi connectivity index (χ1n) is 6.70. The molecule has 1 unspecified atom stereocenters. The summed E-state index contributed by atoms with van der Waals surface area (Å²) in [6.07, 6.45) is -0.162. The quantitative estimate of drug-likeness (QED) is 0.943. The number of amides is 1. The molecule has 104 valence electrons. The minimum Gasteiger partial charge on any atom is -0.385 e. The number of hydrogen-bond acceptors (Lipinski definition) is 3. The largest absolute Gasteiger partial charge is 0.385 e. The smallest absolute Gasteiger partial charge is 0.223 e. The van der Waals surface area contributed by atoms with Crippen LogP contribution in [0, 0.1) is 0 Å². The fourth-order valence-corrected chi connectivity index (χ4v) is 3.71. The zero-order valence-corrected chi connectivity index (χ0v) is 12.1. The van der Waals surface area contributed by atoms with Crippen LogP contribution < -0.4 is 0 Å². The zero-order valence-electron chi connectivity index (χ0n) is 11.3.